The molecule has 2 aromatic carbocycles. The molecule has 25 heavy (non-hydrogen) atoms. The molecule has 1 N–H and O–H groups in total. The van der Waals surface area contributed by atoms with E-state index in [1.165, 1.54) is 7.11 Å². The lowest BCUT2D eigenvalue weighted by atomic mass is 10.0. The highest BCUT2D eigenvalue weighted by atomic mass is 32.2. The van der Waals surface area contributed by atoms with Crippen LogP contribution in [0.1, 0.15) is 21.5 Å². The van der Waals surface area contributed by atoms with E-state index in [1.807, 2.05) is 0 Å². The fourth-order valence-electron chi connectivity index (χ4n) is 2.23. The van der Waals surface area contributed by atoms with Gasteiger partial charge in [-0.15, -0.1) is 6.42 Å². The van der Waals surface area contributed by atoms with Crippen LogP contribution in [0.5, 0.6) is 0 Å². The Labute approximate surface area is 148 Å². The van der Waals surface area contributed by atoms with E-state index in [4.69, 9.17) is 11.2 Å². The lowest BCUT2D eigenvalue weighted by molar-refractivity contribution is 0.0994. The summed E-state index contributed by atoms with van der Waals surface area (Å²) in [6.07, 6.45) is 5.47. The van der Waals surface area contributed by atoms with E-state index in [2.05, 4.69) is 10.6 Å². The maximum atomic E-state index is 12.6. The van der Waals surface area contributed by atoms with Crippen molar-refractivity contribution in [2.75, 3.05) is 24.2 Å². The van der Waals surface area contributed by atoms with Gasteiger partial charge in [0.05, 0.1) is 18.0 Å². The van der Waals surface area contributed by atoms with Gasteiger partial charge in [-0.05, 0) is 29.8 Å². The predicted molar refractivity (Wildman–Crippen MR) is 98.1 cm³/mol. The van der Waals surface area contributed by atoms with E-state index < -0.39 is 10.0 Å². The zero-order valence-corrected chi connectivity index (χ0v) is 14.7. The molecule has 0 aromatic heterocycles. The molecule has 6 heteroatoms. The van der Waals surface area contributed by atoms with Crippen LogP contribution >= 0.6 is 0 Å². The molecule has 0 fully saturated rings. The topological polar surface area (TPSA) is 72.5 Å². The van der Waals surface area contributed by atoms with Gasteiger partial charge in [0.1, 0.15) is 0 Å². The molecular formula is C19H19NO4S. The third-order valence-electron chi connectivity index (χ3n) is 3.53. The first-order chi connectivity index (χ1) is 11.9. The number of para-hydroxylation sites is 1. The number of nitrogens with one attached hydrogen (secondary N) is 1. The van der Waals surface area contributed by atoms with Gasteiger partial charge in [0.25, 0.3) is 0 Å². The van der Waals surface area contributed by atoms with Gasteiger partial charge in [0.15, 0.2) is 5.78 Å². The Morgan fingerprint density at radius 3 is 2.48 bits per heavy atom. The third kappa shape index (κ3) is 5.45. The Morgan fingerprint density at radius 2 is 1.84 bits per heavy atom. The number of rotatable bonds is 8. The van der Waals surface area contributed by atoms with Crippen molar-refractivity contribution in [1.82, 2.24) is 0 Å². The molecule has 0 bridgehead atoms. The predicted octanol–water partition coefficient (Wildman–Crippen LogP) is 2.48. The summed E-state index contributed by atoms with van der Waals surface area (Å²) in [6.45, 7) is 0.0764. The number of methoxy groups -OCH3 is 1. The minimum Gasteiger partial charge on any atom is -0.384 e. The summed E-state index contributed by atoms with van der Waals surface area (Å²) >= 11 is 0. The lowest BCUT2D eigenvalue weighted by Gasteiger charge is -2.12. The standard InChI is InChI=1S/C19H19NO4S/c1-3-15-8-10-16(11-9-15)14-19(21)17-6-4-5-7-18(17)20-25(22,23)13-12-24-2/h1,4-11,20H,12-14H2,2H3. The van der Waals surface area contributed by atoms with Crippen molar-refractivity contribution in [3.05, 3.63) is 65.2 Å². The zero-order valence-electron chi connectivity index (χ0n) is 13.9. The average molecular weight is 357 g/mol. The van der Waals surface area contributed by atoms with Gasteiger partial charge >= 0.3 is 0 Å². The van der Waals surface area contributed by atoms with Crippen molar-refractivity contribution in [2.24, 2.45) is 0 Å². The van der Waals surface area contributed by atoms with Gasteiger partial charge in [-0.3, -0.25) is 9.52 Å². The van der Waals surface area contributed by atoms with E-state index in [9.17, 15) is 13.2 Å². The molecule has 0 saturated heterocycles. The number of carbonyl (C=O) groups is 1. The number of carbonyl (C=O) groups excluding carboxylic acids is 1. The van der Waals surface area contributed by atoms with Crippen molar-refractivity contribution in [1.29, 1.82) is 0 Å². The Bertz CT molecular complexity index is 880. The second kappa shape index (κ2) is 8.47. The minimum absolute atomic E-state index is 0.0764. The fourth-order valence-corrected chi connectivity index (χ4v) is 3.23. The third-order valence-corrected chi connectivity index (χ3v) is 4.77. The lowest BCUT2D eigenvalue weighted by Crippen LogP contribution is -2.21. The maximum absolute atomic E-state index is 12.6. The first-order valence-electron chi connectivity index (χ1n) is 7.62. The van der Waals surface area contributed by atoms with Crippen LogP contribution in [0.2, 0.25) is 0 Å². The number of Topliss-reactive ketones (excluding diaryl/α,β-unsaturated/α-hetero) is 1. The van der Waals surface area contributed by atoms with Gasteiger partial charge in [-0.1, -0.05) is 30.2 Å². The number of anilines is 1. The SMILES string of the molecule is C#Cc1ccc(CC(=O)c2ccccc2NS(=O)(=O)CCOC)cc1. The van der Waals surface area contributed by atoms with Crippen LogP contribution in [-0.2, 0) is 21.2 Å². The molecular weight excluding hydrogens is 338 g/mol. The molecule has 130 valence electrons. The number of hydrogen-bond donors (Lipinski definition) is 1. The van der Waals surface area contributed by atoms with Crippen molar-refractivity contribution < 1.29 is 17.9 Å². The number of ether oxygens (including phenoxy) is 1. The molecule has 0 unspecified atom stereocenters. The molecule has 0 heterocycles. The number of ketones is 1. The Balaban J connectivity index is 2.18. The molecule has 5 nitrogen and oxygen atoms in total. The smallest absolute Gasteiger partial charge is 0.235 e. The second-order valence-corrected chi connectivity index (χ2v) is 7.24. The minimum atomic E-state index is -3.58. The highest BCUT2D eigenvalue weighted by Gasteiger charge is 2.16. The van der Waals surface area contributed by atoms with Crippen LogP contribution in [-0.4, -0.2) is 33.7 Å². The van der Waals surface area contributed by atoms with E-state index in [1.54, 1.807) is 48.5 Å². The molecule has 0 atom stereocenters. The number of sulfonamides is 1. The summed E-state index contributed by atoms with van der Waals surface area (Å²) < 4.78 is 31.3. The largest absolute Gasteiger partial charge is 0.384 e. The first kappa shape index (κ1) is 18.7. The van der Waals surface area contributed by atoms with Gasteiger partial charge in [0.2, 0.25) is 10.0 Å². The molecule has 0 saturated carbocycles. The first-order valence-corrected chi connectivity index (χ1v) is 9.27. The van der Waals surface area contributed by atoms with Crippen LogP contribution in [0, 0.1) is 12.3 Å². The van der Waals surface area contributed by atoms with Crippen molar-refractivity contribution >= 4 is 21.5 Å². The van der Waals surface area contributed by atoms with Gasteiger partial charge in [-0.25, -0.2) is 8.42 Å². The van der Waals surface area contributed by atoms with Crippen molar-refractivity contribution in [3.63, 3.8) is 0 Å². The van der Waals surface area contributed by atoms with Crippen LogP contribution in [0.4, 0.5) is 5.69 Å². The van der Waals surface area contributed by atoms with Crippen molar-refractivity contribution in [3.8, 4) is 12.3 Å². The van der Waals surface area contributed by atoms with Crippen LogP contribution < -0.4 is 4.72 Å². The summed E-state index contributed by atoms with van der Waals surface area (Å²) in [6, 6.07) is 13.7. The highest BCUT2D eigenvalue weighted by molar-refractivity contribution is 7.92. The molecule has 2 rings (SSSR count). The van der Waals surface area contributed by atoms with E-state index in [0.29, 0.717) is 5.56 Å². The zero-order chi connectivity index (χ0) is 18.3. The van der Waals surface area contributed by atoms with Crippen LogP contribution in [0.25, 0.3) is 0 Å². The van der Waals surface area contributed by atoms with Gasteiger partial charge in [0, 0.05) is 24.7 Å². The summed E-state index contributed by atoms with van der Waals surface area (Å²) in [5.74, 6) is 2.16. The highest BCUT2D eigenvalue weighted by Crippen LogP contribution is 2.19. The van der Waals surface area contributed by atoms with Crippen LogP contribution in [0.3, 0.4) is 0 Å². The summed E-state index contributed by atoms with van der Waals surface area (Å²) in [4.78, 5) is 12.6. The van der Waals surface area contributed by atoms with Crippen LogP contribution in [0.15, 0.2) is 48.5 Å². The quantitative estimate of drug-likeness (QED) is 0.582. The molecule has 0 amide bonds. The molecule has 0 aliphatic rings. The summed E-state index contributed by atoms with van der Waals surface area (Å²) in [5, 5.41) is 0. The normalized spacial score (nSPS) is 10.9. The van der Waals surface area contributed by atoms with E-state index in [0.717, 1.165) is 11.1 Å². The summed E-state index contributed by atoms with van der Waals surface area (Å²) in [5.41, 5.74) is 2.14. The molecule has 0 spiro atoms. The number of terminal acetylenes is 1. The van der Waals surface area contributed by atoms with Gasteiger partial charge < -0.3 is 4.74 Å². The average Bonchev–Trinajstić information content (AvgIpc) is 2.61. The molecule has 2 aromatic rings. The molecule has 0 radical (unpaired) electrons. The second-order valence-electron chi connectivity index (χ2n) is 5.40. The van der Waals surface area contributed by atoms with E-state index >= 15 is 0 Å². The monoisotopic (exact) mass is 357 g/mol. The summed E-state index contributed by atoms with van der Waals surface area (Å²) in [7, 11) is -2.16. The Kier molecular flexibility index (Phi) is 6.34. The maximum Gasteiger partial charge on any atom is 0.235 e. The number of hydrogen-bond acceptors (Lipinski definition) is 4. The van der Waals surface area contributed by atoms with Gasteiger partial charge in [-0.2, -0.15) is 0 Å². The Morgan fingerprint density at radius 1 is 1.16 bits per heavy atom. The van der Waals surface area contributed by atoms with Crippen molar-refractivity contribution in [2.45, 2.75) is 6.42 Å². The molecule has 0 aliphatic carbocycles. The van der Waals surface area contributed by atoms with E-state index in [-0.39, 0.29) is 30.3 Å². The fraction of sp³-hybridized carbons (Fsp3) is 0.211. The molecule has 0 aliphatic heterocycles. The number of benzene rings is 2. The Hall–Kier alpha value is -2.62.